The second kappa shape index (κ2) is 9.98. The Morgan fingerprint density at radius 2 is 1.97 bits per heavy atom. The second-order valence-electron chi connectivity index (χ2n) is 8.14. The van der Waals surface area contributed by atoms with E-state index in [-0.39, 0.29) is 31.1 Å². The summed E-state index contributed by atoms with van der Waals surface area (Å²) in [7, 11) is 1.46. The van der Waals surface area contributed by atoms with Gasteiger partial charge in [-0.05, 0) is 24.3 Å². The van der Waals surface area contributed by atoms with Crippen LogP contribution in [0.3, 0.4) is 0 Å². The highest BCUT2D eigenvalue weighted by molar-refractivity contribution is 5.95. The van der Waals surface area contributed by atoms with Gasteiger partial charge in [0, 0.05) is 23.6 Å². The lowest BCUT2D eigenvalue weighted by atomic mass is 10.1. The average molecular weight is 485 g/mol. The van der Waals surface area contributed by atoms with E-state index < -0.39 is 24.3 Å². The molecule has 4 heterocycles. The fourth-order valence-corrected chi connectivity index (χ4v) is 3.97. The summed E-state index contributed by atoms with van der Waals surface area (Å²) in [5.74, 6) is 0.510. The third kappa shape index (κ3) is 4.97. The predicted octanol–water partition coefficient (Wildman–Crippen LogP) is 1.62. The first-order valence-corrected chi connectivity index (χ1v) is 11.1. The van der Waals surface area contributed by atoms with Crippen LogP contribution in [0.15, 0.2) is 36.5 Å². The number of hydrogen-bond acceptors (Lipinski definition) is 9. The summed E-state index contributed by atoms with van der Waals surface area (Å²) in [5, 5.41) is 13.5. The van der Waals surface area contributed by atoms with Crippen molar-refractivity contribution >= 4 is 16.9 Å². The number of aromatic nitrogens is 2. The molecule has 184 valence electrons. The fraction of sp³-hybridized carbons (Fsp3) is 0.375. The van der Waals surface area contributed by atoms with Crippen molar-refractivity contribution in [1.29, 1.82) is 0 Å². The van der Waals surface area contributed by atoms with Gasteiger partial charge in [-0.25, -0.2) is 9.37 Å². The van der Waals surface area contributed by atoms with Gasteiger partial charge in [-0.3, -0.25) is 9.78 Å². The summed E-state index contributed by atoms with van der Waals surface area (Å²) in [5.41, 5.74) is 1.37. The Morgan fingerprint density at radius 3 is 2.74 bits per heavy atom. The number of aliphatic hydroxyl groups excluding tert-OH is 1. The molecule has 3 aromatic rings. The van der Waals surface area contributed by atoms with Crippen molar-refractivity contribution in [3.8, 4) is 17.4 Å². The number of halogens is 1. The monoisotopic (exact) mass is 485 g/mol. The van der Waals surface area contributed by atoms with Crippen LogP contribution in [-0.2, 0) is 15.9 Å². The van der Waals surface area contributed by atoms with E-state index in [2.05, 4.69) is 15.3 Å². The maximum atomic E-state index is 14.6. The van der Waals surface area contributed by atoms with Gasteiger partial charge in [0.25, 0.3) is 5.91 Å². The number of hydrogen-bond donors (Lipinski definition) is 2. The number of rotatable bonds is 6. The first-order chi connectivity index (χ1) is 17.0. The Kier molecular flexibility index (Phi) is 6.62. The molecule has 1 saturated heterocycles. The maximum absolute atomic E-state index is 14.6. The van der Waals surface area contributed by atoms with E-state index in [4.69, 9.17) is 23.7 Å². The van der Waals surface area contributed by atoms with Gasteiger partial charge in [0.1, 0.15) is 25.1 Å². The molecule has 0 saturated carbocycles. The Bertz CT molecular complexity index is 1230. The van der Waals surface area contributed by atoms with Crippen molar-refractivity contribution in [2.24, 2.45) is 0 Å². The molecule has 1 amide bonds. The average Bonchev–Trinajstić information content (AvgIpc) is 2.90. The Balaban J connectivity index is 1.19. The Hall–Kier alpha value is -3.54. The highest BCUT2D eigenvalue weighted by Crippen LogP contribution is 2.31. The normalized spacial score (nSPS) is 20.3. The number of benzene rings is 1. The smallest absolute Gasteiger partial charge is 0.251 e. The van der Waals surface area contributed by atoms with Crippen molar-refractivity contribution in [2.45, 2.75) is 24.9 Å². The van der Waals surface area contributed by atoms with E-state index >= 15 is 0 Å². The van der Waals surface area contributed by atoms with Gasteiger partial charge in [0.2, 0.25) is 5.88 Å². The molecule has 0 aliphatic carbocycles. The molecule has 1 fully saturated rings. The van der Waals surface area contributed by atoms with Gasteiger partial charge >= 0.3 is 0 Å². The molecule has 10 nitrogen and oxygen atoms in total. The van der Waals surface area contributed by atoms with Gasteiger partial charge in [-0.1, -0.05) is 0 Å². The summed E-state index contributed by atoms with van der Waals surface area (Å²) < 4.78 is 41.9. The van der Waals surface area contributed by atoms with Crippen LogP contribution >= 0.6 is 0 Å². The maximum Gasteiger partial charge on any atom is 0.251 e. The molecule has 2 aromatic heterocycles. The van der Waals surface area contributed by atoms with Crippen LogP contribution < -0.4 is 19.5 Å². The number of amides is 1. The molecule has 2 aliphatic rings. The van der Waals surface area contributed by atoms with Gasteiger partial charge in [-0.15, -0.1) is 0 Å². The summed E-state index contributed by atoms with van der Waals surface area (Å²) in [6, 6.07) is 7.83. The number of nitrogens with zero attached hydrogens (tertiary/aromatic N) is 2. The number of methoxy groups -OCH3 is 1. The summed E-state index contributed by atoms with van der Waals surface area (Å²) in [4.78, 5) is 20.9. The topological polar surface area (TPSA) is 121 Å². The largest absolute Gasteiger partial charge is 0.486 e. The van der Waals surface area contributed by atoms with Crippen molar-refractivity contribution in [3.63, 3.8) is 0 Å². The standard InChI is InChI=1S/C24H24FN3O7/c1-31-21-5-3-17-22(28-21)15(16(25)10-26-17)9-18(29)24-34-11-14(12-35-24)27-23(30)13-2-4-19-20(8-13)33-7-6-32-19/h2-5,8,10,14,18,24,29H,6-7,9,11-12H2,1H3,(H,27,30)/t14?,18-,24?/m0/s1. The predicted molar refractivity (Wildman–Crippen MR) is 120 cm³/mol. The minimum absolute atomic E-state index is 0.107. The number of pyridine rings is 2. The van der Waals surface area contributed by atoms with Crippen LogP contribution in [0.1, 0.15) is 15.9 Å². The minimum Gasteiger partial charge on any atom is -0.486 e. The molecule has 0 bridgehead atoms. The molecule has 35 heavy (non-hydrogen) atoms. The molecular formula is C24H24FN3O7. The molecule has 0 spiro atoms. The zero-order valence-electron chi connectivity index (χ0n) is 18.9. The molecule has 1 atom stereocenters. The van der Waals surface area contributed by atoms with E-state index in [1.54, 1.807) is 30.3 Å². The fourth-order valence-electron chi connectivity index (χ4n) is 3.97. The highest BCUT2D eigenvalue weighted by atomic mass is 19.1. The third-order valence-electron chi connectivity index (χ3n) is 5.74. The van der Waals surface area contributed by atoms with Crippen LogP contribution in [-0.4, -0.2) is 73.0 Å². The van der Waals surface area contributed by atoms with E-state index in [9.17, 15) is 14.3 Å². The quantitative estimate of drug-likeness (QED) is 0.537. The summed E-state index contributed by atoms with van der Waals surface area (Å²) in [6.07, 6.45) is -1.18. The van der Waals surface area contributed by atoms with E-state index in [0.29, 0.717) is 47.2 Å². The van der Waals surface area contributed by atoms with Crippen molar-refractivity contribution in [2.75, 3.05) is 33.5 Å². The van der Waals surface area contributed by atoms with E-state index in [0.717, 1.165) is 6.20 Å². The lowest BCUT2D eigenvalue weighted by Gasteiger charge is -2.32. The van der Waals surface area contributed by atoms with Gasteiger partial charge in [0.05, 0.1) is 43.6 Å². The van der Waals surface area contributed by atoms with E-state index in [1.807, 2.05) is 0 Å². The van der Waals surface area contributed by atoms with Crippen molar-refractivity contribution in [1.82, 2.24) is 15.3 Å². The van der Waals surface area contributed by atoms with Crippen molar-refractivity contribution in [3.05, 3.63) is 53.5 Å². The minimum atomic E-state index is -1.17. The summed E-state index contributed by atoms with van der Waals surface area (Å²) in [6.45, 7) is 1.12. The zero-order valence-corrected chi connectivity index (χ0v) is 18.9. The number of aliphatic hydroxyl groups is 1. The lowest BCUT2D eigenvalue weighted by Crippen LogP contribution is -2.50. The molecule has 1 aromatic carbocycles. The molecular weight excluding hydrogens is 461 g/mol. The molecule has 2 aliphatic heterocycles. The second-order valence-corrected chi connectivity index (χ2v) is 8.14. The first kappa shape index (κ1) is 23.2. The number of carbonyl (C=O) groups excluding carboxylic acids is 1. The number of nitrogens with one attached hydrogen (secondary N) is 1. The third-order valence-corrected chi connectivity index (χ3v) is 5.74. The lowest BCUT2D eigenvalue weighted by molar-refractivity contribution is -0.229. The van der Waals surface area contributed by atoms with Gasteiger partial charge < -0.3 is 34.1 Å². The number of carbonyl (C=O) groups is 1. The first-order valence-electron chi connectivity index (χ1n) is 11.1. The van der Waals surface area contributed by atoms with E-state index in [1.165, 1.54) is 7.11 Å². The number of fused-ring (bicyclic) bond motifs is 2. The molecule has 0 unspecified atom stereocenters. The van der Waals surface area contributed by atoms with Crippen LogP contribution in [0.5, 0.6) is 17.4 Å². The Labute approximate surface area is 199 Å². The van der Waals surface area contributed by atoms with Crippen LogP contribution in [0, 0.1) is 5.82 Å². The molecule has 0 radical (unpaired) electrons. The molecule has 11 heteroatoms. The SMILES string of the molecule is COc1ccc2ncc(F)c(C[C@H](O)C3OCC(NC(=O)c4ccc5c(c4)OCCO5)CO3)c2n1. The van der Waals surface area contributed by atoms with Gasteiger partial charge in [-0.2, -0.15) is 0 Å². The van der Waals surface area contributed by atoms with Crippen LogP contribution in [0.2, 0.25) is 0 Å². The molecule has 5 rings (SSSR count). The van der Waals surface area contributed by atoms with Crippen LogP contribution in [0.4, 0.5) is 4.39 Å². The number of ether oxygens (including phenoxy) is 5. The summed E-state index contributed by atoms with van der Waals surface area (Å²) >= 11 is 0. The zero-order chi connectivity index (χ0) is 24.4. The molecule has 2 N–H and O–H groups in total. The Morgan fingerprint density at radius 1 is 1.20 bits per heavy atom. The van der Waals surface area contributed by atoms with Crippen LogP contribution in [0.25, 0.3) is 11.0 Å². The van der Waals surface area contributed by atoms with Gasteiger partial charge in [0.15, 0.2) is 17.8 Å². The highest BCUT2D eigenvalue weighted by Gasteiger charge is 2.30. The van der Waals surface area contributed by atoms with Crippen molar-refractivity contribution < 1.29 is 38.0 Å².